The number of aliphatic hydroxyl groups is 1. The number of hydrogen-bond donors (Lipinski definition) is 1. The summed E-state index contributed by atoms with van der Waals surface area (Å²) in [5.74, 6) is -0.959. The molecule has 0 aromatic rings. The van der Waals surface area contributed by atoms with Crippen LogP contribution >= 0.6 is 15.9 Å². The zero-order valence-corrected chi connectivity index (χ0v) is 11.2. The molecule has 1 rings (SSSR count). The number of ether oxygens (including phenoxy) is 3. The number of carbonyl (C=O) groups is 2. The first-order valence-corrected chi connectivity index (χ1v) is 6.30. The summed E-state index contributed by atoms with van der Waals surface area (Å²) in [6, 6.07) is 0. The zero-order chi connectivity index (χ0) is 13.0. The Labute approximate surface area is 107 Å². The van der Waals surface area contributed by atoms with Crippen molar-refractivity contribution in [2.24, 2.45) is 0 Å². The predicted molar refractivity (Wildman–Crippen MR) is 60.4 cm³/mol. The van der Waals surface area contributed by atoms with Gasteiger partial charge >= 0.3 is 11.9 Å². The monoisotopic (exact) mass is 310 g/mol. The van der Waals surface area contributed by atoms with Gasteiger partial charge in [-0.25, -0.2) is 0 Å². The van der Waals surface area contributed by atoms with E-state index >= 15 is 0 Å². The average molecular weight is 311 g/mol. The van der Waals surface area contributed by atoms with E-state index in [2.05, 4.69) is 15.9 Å². The van der Waals surface area contributed by atoms with Crippen molar-refractivity contribution in [2.45, 2.75) is 44.9 Å². The number of rotatable bonds is 3. The third-order valence-corrected chi connectivity index (χ3v) is 2.94. The van der Waals surface area contributed by atoms with Crippen molar-refractivity contribution in [1.82, 2.24) is 0 Å². The van der Waals surface area contributed by atoms with Gasteiger partial charge in [0.1, 0.15) is 12.2 Å². The smallest absolute Gasteiger partial charge is 0.303 e. The molecule has 0 aromatic heterocycles. The molecule has 6 nitrogen and oxygen atoms in total. The van der Waals surface area contributed by atoms with Gasteiger partial charge in [0.2, 0.25) is 0 Å². The molecule has 1 heterocycles. The molecule has 1 aliphatic rings. The maximum absolute atomic E-state index is 10.9. The van der Waals surface area contributed by atoms with Gasteiger partial charge in [-0.05, 0) is 0 Å². The summed E-state index contributed by atoms with van der Waals surface area (Å²) in [5, 5.41) is 10.0. The van der Waals surface area contributed by atoms with E-state index in [1.54, 1.807) is 0 Å². The topological polar surface area (TPSA) is 82.1 Å². The number of aliphatic hydroxyl groups excluding tert-OH is 1. The van der Waals surface area contributed by atoms with Crippen LogP contribution in [-0.4, -0.2) is 47.0 Å². The molecular weight excluding hydrogens is 296 g/mol. The Morgan fingerprint density at radius 3 is 2.29 bits per heavy atom. The van der Waals surface area contributed by atoms with E-state index in [4.69, 9.17) is 14.2 Å². The minimum Gasteiger partial charge on any atom is -0.460 e. The van der Waals surface area contributed by atoms with Crippen molar-refractivity contribution >= 4 is 27.9 Å². The second-order valence-corrected chi connectivity index (χ2v) is 4.40. The van der Waals surface area contributed by atoms with Crippen LogP contribution in [-0.2, 0) is 23.8 Å². The normalized spacial score (nSPS) is 32.9. The number of esters is 2. The first-order valence-electron chi connectivity index (χ1n) is 5.18. The summed E-state index contributed by atoms with van der Waals surface area (Å²) in [6.45, 7) is 2.53. The third kappa shape index (κ3) is 4.25. The minimum atomic E-state index is -1.20. The van der Waals surface area contributed by atoms with Crippen LogP contribution in [0.15, 0.2) is 0 Å². The molecule has 1 saturated heterocycles. The highest BCUT2D eigenvalue weighted by Gasteiger charge is 2.40. The van der Waals surface area contributed by atoms with E-state index < -0.39 is 36.5 Å². The van der Waals surface area contributed by atoms with Crippen molar-refractivity contribution in [2.75, 3.05) is 5.33 Å². The standard InChI is InChI=1S/C10H15BrO6/c1-5(12)15-7-3-8(16-6(2)13)10(14)17-9(7)4-11/h7-10,14H,3-4H2,1-2H3/t7-,8+,9+,10-/m0/s1. The van der Waals surface area contributed by atoms with Crippen LogP contribution in [0.4, 0.5) is 0 Å². The fraction of sp³-hybridized carbons (Fsp3) is 0.800. The number of alkyl halides is 1. The largest absolute Gasteiger partial charge is 0.460 e. The highest BCUT2D eigenvalue weighted by molar-refractivity contribution is 9.09. The molecule has 17 heavy (non-hydrogen) atoms. The summed E-state index contributed by atoms with van der Waals surface area (Å²) in [6.07, 6.45) is -2.79. The molecular formula is C10H15BrO6. The Kier molecular flexibility index (Phi) is 5.35. The lowest BCUT2D eigenvalue weighted by Gasteiger charge is -2.37. The summed E-state index contributed by atoms with van der Waals surface area (Å²) in [4.78, 5) is 21.8. The Hall–Kier alpha value is -0.660. The first kappa shape index (κ1) is 14.4. The molecule has 0 bridgehead atoms. The molecule has 0 aliphatic carbocycles. The number of carbonyl (C=O) groups excluding carboxylic acids is 2. The lowest BCUT2D eigenvalue weighted by molar-refractivity contribution is -0.250. The third-order valence-electron chi connectivity index (χ3n) is 2.30. The highest BCUT2D eigenvalue weighted by Crippen LogP contribution is 2.25. The van der Waals surface area contributed by atoms with Crippen molar-refractivity contribution in [3.8, 4) is 0 Å². The van der Waals surface area contributed by atoms with Gasteiger partial charge in [-0.2, -0.15) is 0 Å². The summed E-state index contributed by atoms with van der Waals surface area (Å²) in [7, 11) is 0. The van der Waals surface area contributed by atoms with Crippen LogP contribution in [0.2, 0.25) is 0 Å². The molecule has 98 valence electrons. The van der Waals surface area contributed by atoms with E-state index in [1.165, 1.54) is 13.8 Å². The minimum absolute atomic E-state index is 0.219. The van der Waals surface area contributed by atoms with Crippen molar-refractivity contribution in [3.63, 3.8) is 0 Å². The summed E-state index contributed by atoms with van der Waals surface area (Å²) in [5.41, 5.74) is 0. The second kappa shape index (κ2) is 6.32. The Morgan fingerprint density at radius 2 is 1.82 bits per heavy atom. The van der Waals surface area contributed by atoms with Gasteiger partial charge in [0, 0.05) is 25.6 Å². The van der Waals surface area contributed by atoms with Crippen LogP contribution < -0.4 is 0 Å². The van der Waals surface area contributed by atoms with Crippen LogP contribution in [0.5, 0.6) is 0 Å². The number of hydrogen-bond acceptors (Lipinski definition) is 6. The maximum atomic E-state index is 10.9. The molecule has 7 heteroatoms. The molecule has 0 aromatic carbocycles. The average Bonchev–Trinajstić information content (AvgIpc) is 2.21. The molecule has 1 fully saturated rings. The fourth-order valence-electron chi connectivity index (χ4n) is 1.64. The summed E-state index contributed by atoms with van der Waals surface area (Å²) >= 11 is 3.20. The quantitative estimate of drug-likeness (QED) is 0.598. The molecule has 0 amide bonds. The van der Waals surface area contributed by atoms with Gasteiger partial charge < -0.3 is 19.3 Å². The van der Waals surface area contributed by atoms with Crippen molar-refractivity contribution in [3.05, 3.63) is 0 Å². The Balaban J connectivity index is 2.67. The number of halogens is 1. The van der Waals surface area contributed by atoms with E-state index in [-0.39, 0.29) is 6.42 Å². The lowest BCUT2D eigenvalue weighted by atomic mass is 10.0. The van der Waals surface area contributed by atoms with Gasteiger partial charge in [0.15, 0.2) is 12.4 Å². The van der Waals surface area contributed by atoms with Gasteiger partial charge in [-0.3, -0.25) is 9.59 Å². The molecule has 0 radical (unpaired) electrons. The van der Waals surface area contributed by atoms with E-state index in [1.807, 2.05) is 0 Å². The first-order chi connectivity index (χ1) is 7.93. The van der Waals surface area contributed by atoms with E-state index in [0.29, 0.717) is 5.33 Å². The summed E-state index contributed by atoms with van der Waals surface area (Å²) < 4.78 is 15.2. The van der Waals surface area contributed by atoms with Gasteiger partial charge in [-0.1, -0.05) is 15.9 Å². The van der Waals surface area contributed by atoms with Crippen molar-refractivity contribution in [1.29, 1.82) is 0 Å². The highest BCUT2D eigenvalue weighted by atomic mass is 79.9. The maximum Gasteiger partial charge on any atom is 0.303 e. The Bertz CT molecular complexity index is 295. The Morgan fingerprint density at radius 1 is 1.29 bits per heavy atom. The molecule has 1 aliphatic heterocycles. The van der Waals surface area contributed by atoms with Crippen LogP contribution in [0, 0.1) is 0 Å². The molecule has 4 atom stereocenters. The van der Waals surface area contributed by atoms with Crippen LogP contribution in [0.3, 0.4) is 0 Å². The SMILES string of the molecule is CC(=O)O[C@H]1C[C@@H](OC(C)=O)[C@@H](O)O[C@@H]1CBr. The molecule has 0 unspecified atom stereocenters. The van der Waals surface area contributed by atoms with Crippen LogP contribution in [0.1, 0.15) is 20.3 Å². The lowest BCUT2D eigenvalue weighted by Crippen LogP contribution is -2.50. The zero-order valence-electron chi connectivity index (χ0n) is 9.59. The molecule has 0 saturated carbocycles. The van der Waals surface area contributed by atoms with E-state index in [9.17, 15) is 14.7 Å². The molecule has 1 N–H and O–H groups in total. The predicted octanol–water partition coefficient (Wildman–Crippen LogP) is 0.352. The van der Waals surface area contributed by atoms with Gasteiger partial charge in [-0.15, -0.1) is 0 Å². The van der Waals surface area contributed by atoms with E-state index in [0.717, 1.165) is 0 Å². The molecule has 0 spiro atoms. The fourth-order valence-corrected chi connectivity index (χ4v) is 2.21. The van der Waals surface area contributed by atoms with Crippen molar-refractivity contribution < 1.29 is 28.9 Å². The van der Waals surface area contributed by atoms with Gasteiger partial charge in [0.25, 0.3) is 0 Å². The van der Waals surface area contributed by atoms with Crippen LogP contribution in [0.25, 0.3) is 0 Å². The van der Waals surface area contributed by atoms with Gasteiger partial charge in [0.05, 0.1) is 0 Å². The second-order valence-electron chi connectivity index (χ2n) is 3.75.